The summed E-state index contributed by atoms with van der Waals surface area (Å²) in [5.41, 5.74) is -0.147. The molecule has 0 fully saturated rings. The minimum absolute atomic E-state index is 0. The molecule has 1 aromatic rings. The van der Waals surface area contributed by atoms with Crippen LogP contribution in [-0.4, -0.2) is 16.2 Å². The Morgan fingerprint density at radius 2 is 1.92 bits per heavy atom. The maximum absolute atomic E-state index is 10.3. The molecule has 4 nitrogen and oxygen atoms in total. The van der Waals surface area contributed by atoms with Gasteiger partial charge in [0.25, 0.3) is 0 Å². The average Bonchev–Trinajstić information content (AvgIpc) is 2.30. The van der Waals surface area contributed by atoms with Crippen molar-refractivity contribution in [3.05, 3.63) is 10.0 Å². The Balaban J connectivity index is 0.00000144. The quantitative estimate of drug-likeness (QED) is 0.483. The summed E-state index contributed by atoms with van der Waals surface area (Å²) in [6.45, 7) is 5.85. The number of aromatic nitrogens is 2. The molecular formula is C7H9KN2O2S. The van der Waals surface area contributed by atoms with Gasteiger partial charge in [0, 0.05) is 5.41 Å². The SMILES string of the molecule is CC(C)(C)c1nnc(C(=O)[O-])s1.[K+]. The van der Waals surface area contributed by atoms with E-state index in [0.717, 1.165) is 11.3 Å². The van der Waals surface area contributed by atoms with Gasteiger partial charge in [0.1, 0.15) is 11.0 Å². The maximum Gasteiger partial charge on any atom is 1.00 e. The van der Waals surface area contributed by atoms with Gasteiger partial charge in [0.2, 0.25) is 0 Å². The molecule has 0 spiro atoms. The first kappa shape index (κ1) is 13.7. The standard InChI is InChI=1S/C7H10N2O2S.K/c1-7(2,3)6-9-8-4(12-6)5(10)11;/h1-3H3,(H,10,11);/q;+1/p-1. The van der Waals surface area contributed by atoms with Crippen LogP contribution in [0.2, 0.25) is 0 Å². The molecule has 1 rings (SSSR count). The number of carbonyl (C=O) groups is 1. The zero-order valence-corrected chi connectivity index (χ0v) is 12.1. The molecule has 0 aliphatic heterocycles. The van der Waals surface area contributed by atoms with Crippen LogP contribution >= 0.6 is 11.3 Å². The van der Waals surface area contributed by atoms with E-state index in [1.54, 1.807) is 0 Å². The Morgan fingerprint density at radius 3 is 2.15 bits per heavy atom. The van der Waals surface area contributed by atoms with Gasteiger partial charge in [-0.15, -0.1) is 10.2 Å². The largest absolute Gasteiger partial charge is 1.00 e. The number of carbonyl (C=O) groups excluding carboxylic acids is 1. The second kappa shape index (κ2) is 4.95. The Bertz CT molecular complexity index is 306. The normalized spacial score (nSPS) is 10.7. The molecule has 0 bridgehead atoms. The van der Waals surface area contributed by atoms with Crippen molar-refractivity contribution in [2.24, 2.45) is 0 Å². The Kier molecular flexibility index (Phi) is 5.20. The molecule has 1 aromatic heterocycles. The molecular weight excluding hydrogens is 215 g/mol. The van der Waals surface area contributed by atoms with Gasteiger partial charge >= 0.3 is 51.4 Å². The molecule has 0 N–H and O–H groups in total. The number of hydrogen-bond donors (Lipinski definition) is 0. The van der Waals surface area contributed by atoms with E-state index in [1.165, 1.54) is 0 Å². The van der Waals surface area contributed by atoms with Crippen molar-refractivity contribution in [1.29, 1.82) is 0 Å². The van der Waals surface area contributed by atoms with E-state index in [0.29, 0.717) is 5.01 Å². The molecule has 66 valence electrons. The number of aromatic carboxylic acids is 1. The van der Waals surface area contributed by atoms with Gasteiger partial charge in [0.05, 0.1) is 0 Å². The fraction of sp³-hybridized carbons (Fsp3) is 0.571. The topological polar surface area (TPSA) is 65.9 Å². The second-order valence-electron chi connectivity index (χ2n) is 3.45. The Hall–Kier alpha value is 0.666. The zero-order chi connectivity index (χ0) is 9.35. The zero-order valence-electron chi connectivity index (χ0n) is 8.12. The molecule has 0 aliphatic carbocycles. The van der Waals surface area contributed by atoms with Crippen LogP contribution in [-0.2, 0) is 5.41 Å². The van der Waals surface area contributed by atoms with Crippen molar-refractivity contribution in [1.82, 2.24) is 10.2 Å². The maximum atomic E-state index is 10.3. The van der Waals surface area contributed by atoms with Crippen LogP contribution in [0.1, 0.15) is 35.6 Å². The van der Waals surface area contributed by atoms with Gasteiger partial charge in [-0.25, -0.2) is 0 Å². The van der Waals surface area contributed by atoms with Crippen molar-refractivity contribution in [2.75, 3.05) is 0 Å². The van der Waals surface area contributed by atoms with E-state index in [4.69, 9.17) is 0 Å². The summed E-state index contributed by atoms with van der Waals surface area (Å²) in [4.78, 5) is 10.3. The van der Waals surface area contributed by atoms with E-state index < -0.39 is 5.97 Å². The first-order valence-electron chi connectivity index (χ1n) is 3.46. The molecule has 0 aliphatic rings. The number of nitrogens with zero attached hydrogens (tertiary/aromatic N) is 2. The van der Waals surface area contributed by atoms with Crippen LogP contribution in [0.25, 0.3) is 0 Å². The van der Waals surface area contributed by atoms with Gasteiger partial charge in [-0.05, 0) is 0 Å². The third-order valence-corrected chi connectivity index (χ3v) is 2.57. The molecule has 0 unspecified atom stereocenters. The summed E-state index contributed by atoms with van der Waals surface area (Å²) in [5.74, 6) is -1.26. The Labute approximate surface area is 123 Å². The molecule has 13 heavy (non-hydrogen) atoms. The fourth-order valence-electron chi connectivity index (χ4n) is 0.609. The van der Waals surface area contributed by atoms with Gasteiger partial charge in [-0.3, -0.25) is 0 Å². The summed E-state index contributed by atoms with van der Waals surface area (Å²) in [5, 5.41) is 18.2. The summed E-state index contributed by atoms with van der Waals surface area (Å²) in [6, 6.07) is 0. The molecule has 6 heteroatoms. The van der Waals surface area contributed by atoms with Gasteiger partial charge in [0.15, 0.2) is 5.01 Å². The van der Waals surface area contributed by atoms with E-state index in [9.17, 15) is 9.90 Å². The molecule has 0 amide bonds. The number of rotatable bonds is 1. The summed E-state index contributed by atoms with van der Waals surface area (Å²) in [6.07, 6.45) is 0. The molecule has 1 heterocycles. The minimum Gasteiger partial charge on any atom is -0.542 e. The smallest absolute Gasteiger partial charge is 0.542 e. The van der Waals surface area contributed by atoms with Crippen LogP contribution in [0, 0.1) is 0 Å². The first-order chi connectivity index (χ1) is 5.41. The molecule has 0 saturated carbocycles. The average molecular weight is 224 g/mol. The summed E-state index contributed by atoms with van der Waals surface area (Å²) >= 11 is 1.06. The van der Waals surface area contributed by atoms with E-state index in [2.05, 4.69) is 10.2 Å². The predicted molar refractivity (Wildman–Crippen MR) is 42.9 cm³/mol. The predicted octanol–water partition coefficient (Wildman–Crippen LogP) is -2.80. The second-order valence-corrected chi connectivity index (χ2v) is 4.43. The van der Waals surface area contributed by atoms with Gasteiger partial charge < -0.3 is 9.90 Å². The third-order valence-electron chi connectivity index (χ3n) is 1.24. The van der Waals surface area contributed by atoms with Crippen molar-refractivity contribution >= 4 is 17.3 Å². The monoisotopic (exact) mass is 224 g/mol. The first-order valence-corrected chi connectivity index (χ1v) is 4.28. The fourth-order valence-corrected chi connectivity index (χ4v) is 1.34. The van der Waals surface area contributed by atoms with Crippen LogP contribution in [0.5, 0.6) is 0 Å². The number of hydrogen-bond acceptors (Lipinski definition) is 5. The molecule has 0 radical (unpaired) electrons. The van der Waals surface area contributed by atoms with E-state index in [1.807, 2.05) is 20.8 Å². The minimum atomic E-state index is -1.26. The van der Waals surface area contributed by atoms with Crippen molar-refractivity contribution in [2.45, 2.75) is 26.2 Å². The van der Waals surface area contributed by atoms with E-state index in [-0.39, 0.29) is 61.8 Å². The van der Waals surface area contributed by atoms with Crippen LogP contribution in [0.15, 0.2) is 0 Å². The van der Waals surface area contributed by atoms with Crippen LogP contribution < -0.4 is 56.5 Å². The number of carboxylic acids is 1. The van der Waals surface area contributed by atoms with Gasteiger partial charge in [-0.1, -0.05) is 32.1 Å². The van der Waals surface area contributed by atoms with Crippen molar-refractivity contribution in [3.8, 4) is 0 Å². The molecule has 0 atom stereocenters. The van der Waals surface area contributed by atoms with E-state index >= 15 is 0 Å². The number of carboxylic acid groups (broad SMARTS) is 1. The van der Waals surface area contributed by atoms with Gasteiger partial charge in [-0.2, -0.15) is 0 Å². The Morgan fingerprint density at radius 1 is 1.38 bits per heavy atom. The van der Waals surface area contributed by atoms with Crippen LogP contribution in [0.4, 0.5) is 0 Å². The van der Waals surface area contributed by atoms with Crippen LogP contribution in [0.3, 0.4) is 0 Å². The summed E-state index contributed by atoms with van der Waals surface area (Å²) < 4.78 is 0. The third kappa shape index (κ3) is 3.73. The molecule has 0 aromatic carbocycles. The van der Waals surface area contributed by atoms with Crippen molar-refractivity contribution < 1.29 is 61.3 Å². The van der Waals surface area contributed by atoms with Crippen molar-refractivity contribution in [3.63, 3.8) is 0 Å². The summed E-state index contributed by atoms with van der Waals surface area (Å²) in [7, 11) is 0. The molecule has 0 saturated heterocycles.